The molecule has 4 nitrogen and oxygen atoms in total. The number of hydrogen-bond acceptors (Lipinski definition) is 2. The van der Waals surface area contributed by atoms with Gasteiger partial charge in [0, 0.05) is 6.04 Å². The molecule has 3 atom stereocenters. The maximum atomic E-state index is 13.4. The third-order valence-corrected chi connectivity index (χ3v) is 3.32. The van der Waals surface area contributed by atoms with Crippen molar-refractivity contribution < 1.29 is 19.1 Å². The second-order valence-corrected chi connectivity index (χ2v) is 4.99. The fraction of sp³-hybridized carbons (Fsp3) is 0.429. The minimum Gasteiger partial charge on any atom is -0.481 e. The molecule has 5 heteroatoms. The molecule has 0 bridgehead atoms. The van der Waals surface area contributed by atoms with Gasteiger partial charge < -0.3 is 10.4 Å². The van der Waals surface area contributed by atoms with Crippen LogP contribution in [-0.2, 0) is 16.0 Å². The number of aliphatic carboxylic acids is 1. The van der Waals surface area contributed by atoms with Gasteiger partial charge in [-0.3, -0.25) is 9.59 Å². The Kier molecular flexibility index (Phi) is 3.83. The molecule has 0 saturated heterocycles. The summed E-state index contributed by atoms with van der Waals surface area (Å²) >= 11 is 0. The molecule has 1 aromatic rings. The molecule has 2 N–H and O–H groups in total. The molecule has 1 aromatic carbocycles. The van der Waals surface area contributed by atoms with Gasteiger partial charge in [0.2, 0.25) is 5.91 Å². The highest BCUT2D eigenvalue weighted by molar-refractivity contribution is 5.89. The highest BCUT2D eigenvalue weighted by Gasteiger charge is 2.48. The molecular formula is C14H16FNO3. The van der Waals surface area contributed by atoms with Crippen molar-refractivity contribution in [1.82, 2.24) is 5.32 Å². The van der Waals surface area contributed by atoms with Crippen LogP contribution in [0.3, 0.4) is 0 Å². The van der Waals surface area contributed by atoms with Crippen molar-refractivity contribution in [2.75, 3.05) is 0 Å². The number of carbonyl (C=O) groups excluding carboxylic acids is 1. The lowest BCUT2D eigenvalue weighted by Crippen LogP contribution is -2.36. The zero-order chi connectivity index (χ0) is 14.0. The van der Waals surface area contributed by atoms with Crippen LogP contribution in [-0.4, -0.2) is 23.0 Å². The van der Waals surface area contributed by atoms with Crippen LogP contribution >= 0.6 is 0 Å². The second kappa shape index (κ2) is 5.38. The normalized spacial score (nSPS) is 22.6. The zero-order valence-corrected chi connectivity index (χ0v) is 10.6. The van der Waals surface area contributed by atoms with Crippen molar-refractivity contribution in [2.24, 2.45) is 11.8 Å². The number of carboxylic acids is 1. The fourth-order valence-electron chi connectivity index (χ4n) is 2.15. The predicted octanol–water partition coefficient (Wildman–Crippen LogP) is 1.59. The first-order valence-corrected chi connectivity index (χ1v) is 6.25. The summed E-state index contributed by atoms with van der Waals surface area (Å²) in [6, 6.07) is 6.19. The van der Waals surface area contributed by atoms with Gasteiger partial charge in [-0.1, -0.05) is 18.2 Å². The van der Waals surface area contributed by atoms with E-state index in [0.29, 0.717) is 18.4 Å². The molecule has 1 amide bonds. The largest absolute Gasteiger partial charge is 0.481 e. The van der Waals surface area contributed by atoms with E-state index < -0.39 is 17.8 Å². The van der Waals surface area contributed by atoms with Gasteiger partial charge in [0.05, 0.1) is 11.8 Å². The Hall–Kier alpha value is -1.91. The molecule has 1 aliphatic carbocycles. The lowest BCUT2D eigenvalue weighted by Gasteiger charge is -2.14. The van der Waals surface area contributed by atoms with Crippen molar-refractivity contribution in [3.05, 3.63) is 35.6 Å². The van der Waals surface area contributed by atoms with Crippen molar-refractivity contribution >= 4 is 11.9 Å². The predicted molar refractivity (Wildman–Crippen MR) is 66.9 cm³/mol. The molecule has 1 aliphatic rings. The van der Waals surface area contributed by atoms with Crippen LogP contribution in [0.4, 0.5) is 4.39 Å². The number of amides is 1. The summed E-state index contributed by atoms with van der Waals surface area (Å²) in [6.45, 7) is 1.78. The molecule has 3 unspecified atom stereocenters. The van der Waals surface area contributed by atoms with E-state index in [1.54, 1.807) is 25.1 Å². The molecule has 0 spiro atoms. The Labute approximate surface area is 110 Å². The minimum atomic E-state index is -0.929. The van der Waals surface area contributed by atoms with Gasteiger partial charge in [0.1, 0.15) is 5.82 Å². The average molecular weight is 265 g/mol. The van der Waals surface area contributed by atoms with E-state index >= 15 is 0 Å². The fourth-order valence-corrected chi connectivity index (χ4v) is 2.15. The smallest absolute Gasteiger partial charge is 0.307 e. The average Bonchev–Trinajstić information content (AvgIpc) is 3.12. The summed E-state index contributed by atoms with van der Waals surface area (Å²) in [5.74, 6) is -2.46. The molecule has 102 valence electrons. The maximum Gasteiger partial charge on any atom is 0.307 e. The molecule has 2 rings (SSSR count). The van der Waals surface area contributed by atoms with Crippen LogP contribution in [0.25, 0.3) is 0 Å². The van der Waals surface area contributed by atoms with E-state index in [1.807, 2.05) is 0 Å². The Balaban J connectivity index is 1.85. The van der Waals surface area contributed by atoms with Crippen LogP contribution < -0.4 is 5.32 Å². The molecule has 0 heterocycles. The first-order valence-electron chi connectivity index (χ1n) is 6.25. The summed E-state index contributed by atoms with van der Waals surface area (Å²) in [7, 11) is 0. The Morgan fingerprint density at radius 1 is 1.42 bits per heavy atom. The molecule has 0 radical (unpaired) electrons. The highest BCUT2D eigenvalue weighted by atomic mass is 19.1. The lowest BCUT2D eigenvalue weighted by molar-refractivity contribution is -0.140. The summed E-state index contributed by atoms with van der Waals surface area (Å²) in [4.78, 5) is 22.4. The Morgan fingerprint density at radius 2 is 2.11 bits per heavy atom. The third-order valence-electron chi connectivity index (χ3n) is 3.32. The minimum absolute atomic E-state index is 0.223. The standard InChI is InChI=1S/C14H16FNO3/c1-8(6-9-4-2-3-5-12(9)15)16-13(17)10-7-11(10)14(18)19/h2-5,8,10-11H,6-7H2,1H3,(H,16,17)(H,18,19). The van der Waals surface area contributed by atoms with Gasteiger partial charge in [0.15, 0.2) is 0 Å². The van der Waals surface area contributed by atoms with E-state index in [-0.39, 0.29) is 17.8 Å². The molecular weight excluding hydrogens is 249 g/mol. The zero-order valence-electron chi connectivity index (χ0n) is 10.6. The summed E-state index contributed by atoms with van der Waals surface area (Å²) < 4.78 is 13.4. The highest BCUT2D eigenvalue weighted by Crippen LogP contribution is 2.38. The van der Waals surface area contributed by atoms with Crippen molar-refractivity contribution in [1.29, 1.82) is 0 Å². The van der Waals surface area contributed by atoms with Gasteiger partial charge in [-0.15, -0.1) is 0 Å². The molecule has 19 heavy (non-hydrogen) atoms. The Morgan fingerprint density at radius 3 is 2.68 bits per heavy atom. The number of benzene rings is 1. The molecule has 1 saturated carbocycles. The van der Waals surface area contributed by atoms with E-state index in [0.717, 1.165) is 0 Å². The first kappa shape index (κ1) is 13.5. The van der Waals surface area contributed by atoms with Crippen LogP contribution in [0.15, 0.2) is 24.3 Å². The van der Waals surface area contributed by atoms with E-state index in [2.05, 4.69) is 5.32 Å². The number of hydrogen-bond donors (Lipinski definition) is 2. The number of carbonyl (C=O) groups is 2. The number of halogens is 1. The van der Waals surface area contributed by atoms with Gasteiger partial charge >= 0.3 is 5.97 Å². The topological polar surface area (TPSA) is 66.4 Å². The summed E-state index contributed by atoms with van der Waals surface area (Å²) in [5, 5.41) is 11.5. The third kappa shape index (κ3) is 3.30. The summed E-state index contributed by atoms with van der Waals surface area (Å²) in [6.07, 6.45) is 0.788. The lowest BCUT2D eigenvalue weighted by atomic mass is 10.1. The van der Waals surface area contributed by atoms with Crippen LogP contribution in [0.5, 0.6) is 0 Å². The Bertz CT molecular complexity index is 503. The van der Waals surface area contributed by atoms with Crippen LogP contribution in [0.1, 0.15) is 18.9 Å². The molecule has 0 aliphatic heterocycles. The van der Waals surface area contributed by atoms with E-state index in [4.69, 9.17) is 5.11 Å². The quantitative estimate of drug-likeness (QED) is 0.849. The second-order valence-electron chi connectivity index (χ2n) is 4.99. The van der Waals surface area contributed by atoms with Crippen molar-refractivity contribution in [3.8, 4) is 0 Å². The van der Waals surface area contributed by atoms with Crippen LogP contribution in [0.2, 0.25) is 0 Å². The molecule has 0 aromatic heterocycles. The van der Waals surface area contributed by atoms with Gasteiger partial charge in [-0.05, 0) is 31.4 Å². The maximum absolute atomic E-state index is 13.4. The number of carboxylic acid groups (broad SMARTS) is 1. The van der Waals surface area contributed by atoms with Gasteiger partial charge in [-0.25, -0.2) is 4.39 Å². The monoisotopic (exact) mass is 265 g/mol. The SMILES string of the molecule is CC(Cc1ccccc1F)NC(=O)C1CC1C(=O)O. The summed E-state index contributed by atoms with van der Waals surface area (Å²) in [5.41, 5.74) is 0.542. The van der Waals surface area contributed by atoms with Crippen molar-refractivity contribution in [2.45, 2.75) is 25.8 Å². The first-order chi connectivity index (χ1) is 8.99. The van der Waals surface area contributed by atoms with Gasteiger partial charge in [0.25, 0.3) is 0 Å². The van der Waals surface area contributed by atoms with Gasteiger partial charge in [-0.2, -0.15) is 0 Å². The molecule has 1 fully saturated rings. The van der Waals surface area contributed by atoms with E-state index in [1.165, 1.54) is 6.07 Å². The van der Waals surface area contributed by atoms with E-state index in [9.17, 15) is 14.0 Å². The number of rotatable bonds is 5. The number of nitrogens with one attached hydrogen (secondary N) is 1. The van der Waals surface area contributed by atoms with Crippen molar-refractivity contribution in [3.63, 3.8) is 0 Å². The van der Waals surface area contributed by atoms with Crippen LogP contribution in [0, 0.1) is 17.7 Å².